The van der Waals surface area contributed by atoms with Crippen molar-refractivity contribution in [3.63, 3.8) is 0 Å². The Labute approximate surface area is 604 Å². The van der Waals surface area contributed by atoms with Gasteiger partial charge < -0.3 is 18.9 Å². The fraction of sp³-hybridized carbons (Fsp3) is 0.659. The standard InChI is InChI=1S/C88H148NO8P/c1-6-8-10-12-14-16-18-20-22-24-26-28-30-32-34-36-38-40-41-42-43-44-45-46-47-49-51-53-55-57-59-61-63-65-67-69-71-73-75-77-79-81-88(91)97-86(85-96-98(92,93)95-83-82-89(3,4)5)84-94-87(90)80-78-76-74-72-70-68-66-64-62-60-58-56-54-52-50-48-39-37-35-33-31-29-27-25-23-21-19-17-15-13-11-9-7-2/h8-11,14-17,20-23,26-29,32-35,38,40,42-43,45-46,49,51,86H,6-7,12-13,18-19,24-25,30-31,36-37,39,41,44,47-48,50,52-85H2,1-5H3/p+1/b10-8-,11-9-,16-14-,17-15-,22-20-,23-21-,28-26-,29-27-,34-32-,35-33-,40-38-,43-42-,46-45-,51-49-. The fourth-order valence-electron chi connectivity index (χ4n) is 10.7. The van der Waals surface area contributed by atoms with E-state index in [0.29, 0.717) is 17.4 Å². The minimum absolute atomic E-state index is 0.0260. The van der Waals surface area contributed by atoms with Gasteiger partial charge in [-0.15, -0.1) is 0 Å². The minimum Gasteiger partial charge on any atom is -0.462 e. The summed E-state index contributed by atoms with van der Waals surface area (Å²) < 4.78 is 34.8. The van der Waals surface area contributed by atoms with Crippen molar-refractivity contribution in [1.82, 2.24) is 0 Å². The van der Waals surface area contributed by atoms with Crippen LogP contribution in [0, 0.1) is 0 Å². The molecule has 0 aliphatic heterocycles. The average molecular weight is 1380 g/mol. The summed E-state index contributed by atoms with van der Waals surface area (Å²) in [4.78, 5) is 36.0. The minimum atomic E-state index is -4.40. The molecule has 2 atom stereocenters. The van der Waals surface area contributed by atoms with Gasteiger partial charge >= 0.3 is 19.8 Å². The monoisotopic (exact) mass is 1380 g/mol. The van der Waals surface area contributed by atoms with Crippen LogP contribution >= 0.6 is 7.82 Å². The molecular weight excluding hydrogens is 1230 g/mol. The van der Waals surface area contributed by atoms with Gasteiger partial charge in [-0.2, -0.15) is 0 Å². The second-order valence-electron chi connectivity index (χ2n) is 27.3. The normalized spacial score (nSPS) is 14.0. The average Bonchev–Trinajstić information content (AvgIpc) is 1.08. The fourth-order valence-corrected chi connectivity index (χ4v) is 11.5. The predicted octanol–water partition coefficient (Wildman–Crippen LogP) is 26.8. The zero-order valence-corrected chi connectivity index (χ0v) is 64.6. The third-order valence-corrected chi connectivity index (χ3v) is 17.7. The van der Waals surface area contributed by atoms with Crippen molar-refractivity contribution in [2.75, 3.05) is 47.5 Å². The highest BCUT2D eigenvalue weighted by atomic mass is 31.2. The SMILES string of the molecule is CC/C=C\C/C=C\C/C=C\C/C=C\C/C=C\C/C=C\C/C=C\C/C=C\C/C=C\CCCCCCCCCCCCCCCC(=O)OC(COC(=O)CCCCCCCCCCCCCCCCCCC/C=C\C/C=C\C/C=C\C/C=C\C/C=C\CC)COP(=O)(O)OCC[N+](C)(C)C. The number of phosphoric ester groups is 1. The number of nitrogens with zero attached hydrogens (tertiary/aromatic N) is 1. The molecule has 0 rings (SSSR count). The lowest BCUT2D eigenvalue weighted by Crippen LogP contribution is -2.37. The van der Waals surface area contributed by atoms with Gasteiger partial charge in [-0.1, -0.05) is 351 Å². The zero-order chi connectivity index (χ0) is 71.1. The number of allylic oxidation sites excluding steroid dienone is 28. The summed E-state index contributed by atoms with van der Waals surface area (Å²) in [5, 5.41) is 0. The number of rotatable bonds is 72. The molecule has 9 nitrogen and oxygen atoms in total. The Morgan fingerprint density at radius 3 is 0.816 bits per heavy atom. The maximum absolute atomic E-state index is 12.9. The maximum atomic E-state index is 12.9. The highest BCUT2D eigenvalue weighted by Gasteiger charge is 2.27. The first-order valence-electron chi connectivity index (χ1n) is 39.9. The van der Waals surface area contributed by atoms with Gasteiger partial charge in [0.25, 0.3) is 0 Å². The second-order valence-corrected chi connectivity index (χ2v) is 28.8. The molecule has 0 aliphatic rings. The Balaban J connectivity index is 4.01. The van der Waals surface area contributed by atoms with E-state index < -0.39 is 26.5 Å². The first-order chi connectivity index (χ1) is 48.0. The van der Waals surface area contributed by atoms with Crippen LogP contribution in [0.15, 0.2) is 170 Å². The van der Waals surface area contributed by atoms with E-state index in [-0.39, 0.29) is 32.0 Å². The molecule has 2 unspecified atom stereocenters. The number of quaternary nitrogens is 1. The quantitative estimate of drug-likeness (QED) is 0.0211. The zero-order valence-electron chi connectivity index (χ0n) is 63.7. The van der Waals surface area contributed by atoms with Gasteiger partial charge in [0.2, 0.25) is 0 Å². The number of unbranched alkanes of at least 4 members (excludes halogenated alkanes) is 30. The van der Waals surface area contributed by atoms with Crippen LogP contribution in [0.25, 0.3) is 0 Å². The van der Waals surface area contributed by atoms with E-state index in [2.05, 4.69) is 184 Å². The second kappa shape index (κ2) is 76.5. The number of carbonyl (C=O) groups excluding carboxylic acids is 2. The molecule has 0 aromatic carbocycles. The van der Waals surface area contributed by atoms with E-state index in [1.807, 2.05) is 21.1 Å². The molecule has 0 amide bonds. The molecule has 98 heavy (non-hydrogen) atoms. The molecule has 10 heteroatoms. The number of ether oxygens (including phenoxy) is 2. The van der Waals surface area contributed by atoms with Crippen molar-refractivity contribution in [2.45, 2.75) is 328 Å². The number of phosphoric acid groups is 1. The molecule has 0 radical (unpaired) electrons. The molecule has 1 N–H and O–H groups in total. The van der Waals surface area contributed by atoms with E-state index in [1.165, 1.54) is 161 Å². The van der Waals surface area contributed by atoms with Crippen LogP contribution in [0.1, 0.15) is 322 Å². The largest absolute Gasteiger partial charge is 0.472 e. The van der Waals surface area contributed by atoms with E-state index >= 15 is 0 Å². The van der Waals surface area contributed by atoms with Gasteiger partial charge in [0, 0.05) is 12.8 Å². The van der Waals surface area contributed by atoms with Crippen LogP contribution in [0.3, 0.4) is 0 Å². The lowest BCUT2D eigenvalue weighted by molar-refractivity contribution is -0.870. The number of hydrogen-bond donors (Lipinski definition) is 1. The van der Waals surface area contributed by atoms with Gasteiger partial charge in [-0.3, -0.25) is 18.6 Å². The van der Waals surface area contributed by atoms with Crippen LogP contribution in [-0.4, -0.2) is 74.9 Å². The highest BCUT2D eigenvalue weighted by Crippen LogP contribution is 2.43. The van der Waals surface area contributed by atoms with Crippen molar-refractivity contribution in [2.24, 2.45) is 0 Å². The van der Waals surface area contributed by atoms with Crippen molar-refractivity contribution in [3.8, 4) is 0 Å². The van der Waals surface area contributed by atoms with Crippen LogP contribution in [0.4, 0.5) is 0 Å². The number of carbonyl (C=O) groups is 2. The molecule has 0 saturated carbocycles. The third-order valence-electron chi connectivity index (χ3n) is 16.7. The van der Waals surface area contributed by atoms with Gasteiger partial charge in [0.1, 0.15) is 19.8 Å². The smallest absolute Gasteiger partial charge is 0.462 e. The van der Waals surface area contributed by atoms with E-state index in [0.717, 1.165) is 128 Å². The number of esters is 2. The van der Waals surface area contributed by atoms with Crippen molar-refractivity contribution < 1.29 is 42.1 Å². The third kappa shape index (κ3) is 80.3. The Morgan fingerprint density at radius 1 is 0.316 bits per heavy atom. The first-order valence-corrected chi connectivity index (χ1v) is 41.4. The van der Waals surface area contributed by atoms with Crippen molar-refractivity contribution in [3.05, 3.63) is 170 Å². The van der Waals surface area contributed by atoms with Gasteiger partial charge in [0.15, 0.2) is 6.10 Å². The molecule has 0 aromatic heterocycles. The van der Waals surface area contributed by atoms with Crippen LogP contribution in [0.5, 0.6) is 0 Å². The first kappa shape index (κ1) is 93.4. The molecule has 0 saturated heterocycles. The van der Waals surface area contributed by atoms with E-state index in [9.17, 15) is 19.0 Å². The Bertz CT molecular complexity index is 2270. The summed E-state index contributed by atoms with van der Waals surface area (Å²) >= 11 is 0. The molecule has 0 spiro atoms. The lowest BCUT2D eigenvalue weighted by Gasteiger charge is -2.24. The molecule has 0 heterocycles. The van der Waals surface area contributed by atoms with Crippen molar-refractivity contribution in [1.29, 1.82) is 0 Å². The summed E-state index contributed by atoms with van der Waals surface area (Å²) in [7, 11) is 1.47. The van der Waals surface area contributed by atoms with Crippen LogP contribution in [0.2, 0.25) is 0 Å². The summed E-state index contributed by atoms with van der Waals surface area (Å²) in [6.45, 7) is 4.22. The van der Waals surface area contributed by atoms with Crippen molar-refractivity contribution >= 4 is 19.8 Å². The molecule has 0 bridgehead atoms. The van der Waals surface area contributed by atoms with E-state index in [4.69, 9.17) is 18.5 Å². The summed E-state index contributed by atoms with van der Waals surface area (Å²) in [5.41, 5.74) is 0. The highest BCUT2D eigenvalue weighted by molar-refractivity contribution is 7.47. The predicted molar refractivity (Wildman–Crippen MR) is 426 cm³/mol. The molecule has 0 aliphatic carbocycles. The molecular formula is C88H149NO8P+. The molecule has 558 valence electrons. The Morgan fingerprint density at radius 2 is 0.551 bits per heavy atom. The van der Waals surface area contributed by atoms with Gasteiger partial charge in [-0.05, 0) is 128 Å². The van der Waals surface area contributed by atoms with E-state index in [1.54, 1.807) is 0 Å². The molecule has 0 fully saturated rings. The summed E-state index contributed by atoms with van der Waals surface area (Å²) in [6.07, 6.45) is 116. The maximum Gasteiger partial charge on any atom is 0.472 e. The Kier molecular flexibility index (Phi) is 72.9. The van der Waals surface area contributed by atoms with Crippen LogP contribution in [-0.2, 0) is 32.7 Å². The van der Waals surface area contributed by atoms with Crippen LogP contribution < -0.4 is 0 Å². The molecule has 0 aromatic rings. The Hall–Kier alpha value is -4.63. The summed E-state index contributed by atoms with van der Waals surface area (Å²) in [6, 6.07) is 0. The lowest BCUT2D eigenvalue weighted by atomic mass is 10.0. The van der Waals surface area contributed by atoms with Gasteiger partial charge in [0.05, 0.1) is 27.7 Å². The topological polar surface area (TPSA) is 108 Å². The summed E-state index contributed by atoms with van der Waals surface area (Å²) in [5.74, 6) is -0.796. The van der Waals surface area contributed by atoms with Gasteiger partial charge in [-0.25, -0.2) is 4.57 Å². The number of hydrogen-bond acceptors (Lipinski definition) is 7. The number of likely N-dealkylation sites (N-methyl/N-ethyl adjacent to an activating group) is 1.